The summed E-state index contributed by atoms with van der Waals surface area (Å²) in [6.07, 6.45) is 3.79. The van der Waals surface area contributed by atoms with Crippen LogP contribution in [0.25, 0.3) is 0 Å². The summed E-state index contributed by atoms with van der Waals surface area (Å²) in [6, 6.07) is 31.9. The molecular weight excluding hydrogens is 840 g/mol. The monoisotopic (exact) mass is 908 g/mol. The van der Waals surface area contributed by atoms with Crippen LogP contribution in [-0.4, -0.2) is 51.1 Å². The third-order valence-electron chi connectivity index (χ3n) is 13.5. The maximum Gasteiger partial charge on any atom is 0.331 e. The van der Waals surface area contributed by atoms with E-state index in [4.69, 9.17) is 18.1 Å². The molecule has 2 aliphatic heterocycles. The Labute approximate surface area is 366 Å². The summed E-state index contributed by atoms with van der Waals surface area (Å²) >= 11 is 0. The predicted octanol–water partition coefficient (Wildman–Crippen LogP) is 12.5. The van der Waals surface area contributed by atoms with Crippen molar-refractivity contribution in [2.75, 3.05) is 51.1 Å². The van der Waals surface area contributed by atoms with E-state index in [9.17, 15) is 9.13 Å². The topological polar surface area (TPSA) is 105 Å². The first-order valence-corrected chi connectivity index (χ1v) is 29.7. The van der Waals surface area contributed by atoms with Gasteiger partial charge in [-0.2, -0.15) is 0 Å². The molecule has 4 aromatic rings. The molecule has 6 rings (SSSR count). The molecule has 2 saturated heterocycles. The minimum atomic E-state index is -3.69. The lowest BCUT2D eigenvalue weighted by atomic mass is 9.93. The second kappa shape index (κ2) is 20.2. The standard InChI is InChI=1S/C49H68O8P4/c1-9-37(5)41-21-13-17-25-45(41)58(50,46-26-18-14-22-42(46)38(6)10-2)29-31-60(52)54-33-49(34-55-60)35-56-61(53,57-36-49)32-30-59(51,47-27-19-15-23-43(47)39(7)11-3)48-28-20-16-24-44(48)40(8)12-4/h13-28,37-40H,9-12,29-36H2,1-8H3. The van der Waals surface area contributed by atoms with Gasteiger partial charge in [0, 0.05) is 33.5 Å². The lowest BCUT2D eigenvalue weighted by Gasteiger charge is -2.43. The van der Waals surface area contributed by atoms with Crippen LogP contribution < -0.4 is 21.2 Å². The van der Waals surface area contributed by atoms with Crippen molar-refractivity contribution in [3.05, 3.63) is 119 Å². The summed E-state index contributed by atoms with van der Waals surface area (Å²) in [7, 11) is -14.0. The molecule has 0 aromatic heterocycles. The Kier molecular flexibility index (Phi) is 15.9. The fourth-order valence-electron chi connectivity index (χ4n) is 8.60. The molecule has 4 aromatic carbocycles. The van der Waals surface area contributed by atoms with Gasteiger partial charge in [-0.05, 0) is 71.6 Å². The molecule has 0 saturated carbocycles. The predicted molar refractivity (Wildman–Crippen MR) is 255 cm³/mol. The van der Waals surface area contributed by atoms with Gasteiger partial charge in [0.05, 0.1) is 44.2 Å². The average molecular weight is 909 g/mol. The fourth-order valence-corrected chi connectivity index (χ4v) is 21.0. The highest BCUT2D eigenvalue weighted by molar-refractivity contribution is 7.80. The van der Waals surface area contributed by atoms with Crippen molar-refractivity contribution < 1.29 is 36.4 Å². The van der Waals surface area contributed by atoms with E-state index in [0.29, 0.717) is 0 Å². The largest absolute Gasteiger partial charge is 0.331 e. The van der Waals surface area contributed by atoms with Crippen LogP contribution >= 0.6 is 29.5 Å². The van der Waals surface area contributed by atoms with Crippen LogP contribution in [-0.2, 0) is 36.4 Å². The molecule has 0 N–H and O–H groups in total. The van der Waals surface area contributed by atoms with E-state index < -0.39 is 34.9 Å². The van der Waals surface area contributed by atoms with E-state index in [2.05, 4.69) is 79.7 Å². The summed E-state index contributed by atoms with van der Waals surface area (Å²) in [5.41, 5.74) is 3.37. The van der Waals surface area contributed by atoms with E-state index in [1.165, 1.54) is 0 Å². The molecule has 4 unspecified atom stereocenters. The molecule has 4 atom stereocenters. The van der Waals surface area contributed by atoms with E-state index in [1.807, 2.05) is 72.8 Å². The van der Waals surface area contributed by atoms with Crippen molar-refractivity contribution in [1.82, 2.24) is 0 Å². The second-order valence-electron chi connectivity index (χ2n) is 17.7. The number of benzene rings is 4. The summed E-state index contributed by atoms with van der Waals surface area (Å²) in [4.78, 5) is 0. The summed E-state index contributed by atoms with van der Waals surface area (Å²) < 4.78 is 84.9. The Bertz CT molecular complexity index is 2020. The lowest BCUT2D eigenvalue weighted by molar-refractivity contribution is -0.0680. The molecule has 1 spiro atoms. The molecule has 0 radical (unpaired) electrons. The van der Waals surface area contributed by atoms with Crippen LogP contribution in [0.5, 0.6) is 0 Å². The molecule has 2 fully saturated rings. The van der Waals surface area contributed by atoms with Crippen molar-refractivity contribution in [2.24, 2.45) is 5.41 Å². The third kappa shape index (κ3) is 10.3. The van der Waals surface area contributed by atoms with Crippen molar-refractivity contribution >= 4 is 50.7 Å². The average Bonchev–Trinajstić information content (AvgIpc) is 3.31. The van der Waals surface area contributed by atoms with E-state index >= 15 is 9.13 Å². The first kappa shape index (κ1) is 48.1. The van der Waals surface area contributed by atoms with Gasteiger partial charge in [0.25, 0.3) is 0 Å². The van der Waals surface area contributed by atoms with Crippen LogP contribution in [0.15, 0.2) is 97.1 Å². The van der Waals surface area contributed by atoms with Crippen molar-refractivity contribution in [2.45, 2.75) is 105 Å². The zero-order valence-corrected chi connectivity index (χ0v) is 41.2. The Hall–Kier alpha value is -2.36. The van der Waals surface area contributed by atoms with Gasteiger partial charge >= 0.3 is 15.2 Å². The zero-order valence-electron chi connectivity index (χ0n) is 37.6. The second-order valence-corrected chi connectivity index (χ2v) is 27.8. The quantitative estimate of drug-likeness (QED) is 0.0909. The highest BCUT2D eigenvalue weighted by atomic mass is 31.2. The minimum absolute atomic E-state index is 0.0181. The Morgan fingerprint density at radius 3 is 0.918 bits per heavy atom. The first-order chi connectivity index (χ1) is 29.1. The normalized spacial score (nSPS) is 25.8. The molecule has 8 nitrogen and oxygen atoms in total. The zero-order chi connectivity index (χ0) is 44.1. The van der Waals surface area contributed by atoms with Crippen LogP contribution in [0.1, 0.15) is 127 Å². The SMILES string of the molecule is CCC(C)c1ccccc1P(=O)(CCP1(=O)OCC2(CO1)COP(=O)(CCP(=O)(c1ccccc1C(C)CC)c1ccccc1C(C)CC)OC2)c1ccccc1C(C)CC. The maximum absolute atomic E-state index is 15.8. The Morgan fingerprint density at radius 1 is 0.459 bits per heavy atom. The number of hydrogen-bond donors (Lipinski definition) is 0. The molecule has 0 bridgehead atoms. The van der Waals surface area contributed by atoms with E-state index in [0.717, 1.165) is 69.2 Å². The van der Waals surface area contributed by atoms with Gasteiger partial charge in [0.15, 0.2) is 0 Å². The van der Waals surface area contributed by atoms with Gasteiger partial charge in [-0.1, -0.05) is 152 Å². The Morgan fingerprint density at radius 2 is 0.689 bits per heavy atom. The molecule has 12 heteroatoms. The highest BCUT2D eigenvalue weighted by Gasteiger charge is 2.50. The van der Waals surface area contributed by atoms with Gasteiger partial charge < -0.3 is 27.2 Å². The van der Waals surface area contributed by atoms with Gasteiger partial charge in [-0.15, -0.1) is 0 Å². The molecule has 2 aliphatic rings. The van der Waals surface area contributed by atoms with Gasteiger partial charge in [-0.3, -0.25) is 9.13 Å². The van der Waals surface area contributed by atoms with Crippen LogP contribution in [0.4, 0.5) is 0 Å². The summed E-state index contributed by atoms with van der Waals surface area (Å²) in [5.74, 6) is 0.754. The van der Waals surface area contributed by atoms with Crippen molar-refractivity contribution in [3.63, 3.8) is 0 Å². The first-order valence-electron chi connectivity index (χ1n) is 22.4. The molecular formula is C49H68O8P4. The number of hydrogen-bond acceptors (Lipinski definition) is 8. The van der Waals surface area contributed by atoms with Gasteiger partial charge in [0.1, 0.15) is 14.3 Å². The molecule has 0 amide bonds. The fraction of sp³-hybridized carbons (Fsp3) is 0.510. The van der Waals surface area contributed by atoms with Gasteiger partial charge in [-0.25, -0.2) is 0 Å². The third-order valence-corrected chi connectivity index (χ3v) is 24.3. The smallest absolute Gasteiger partial charge is 0.314 e. The highest BCUT2D eigenvalue weighted by Crippen LogP contribution is 2.62. The van der Waals surface area contributed by atoms with Crippen molar-refractivity contribution in [3.8, 4) is 0 Å². The number of rotatable bonds is 18. The Balaban J connectivity index is 1.19. The van der Waals surface area contributed by atoms with Crippen molar-refractivity contribution in [1.29, 1.82) is 0 Å². The summed E-state index contributed by atoms with van der Waals surface area (Å²) in [5, 5.41) is 3.23. The summed E-state index contributed by atoms with van der Waals surface area (Å²) in [6.45, 7) is 17.2. The molecule has 61 heavy (non-hydrogen) atoms. The molecule has 2 heterocycles. The van der Waals surface area contributed by atoms with Crippen LogP contribution in [0.2, 0.25) is 0 Å². The van der Waals surface area contributed by atoms with Crippen LogP contribution in [0.3, 0.4) is 0 Å². The van der Waals surface area contributed by atoms with E-state index in [1.54, 1.807) is 0 Å². The lowest BCUT2D eigenvalue weighted by Crippen LogP contribution is -2.46. The molecule has 332 valence electrons. The molecule has 0 aliphatic carbocycles. The van der Waals surface area contributed by atoms with Gasteiger partial charge in [0.2, 0.25) is 0 Å². The maximum atomic E-state index is 15.8. The minimum Gasteiger partial charge on any atom is -0.314 e. The van der Waals surface area contributed by atoms with E-state index in [-0.39, 0.29) is 74.7 Å². The van der Waals surface area contributed by atoms with Crippen LogP contribution in [0, 0.1) is 5.41 Å².